The van der Waals surface area contributed by atoms with E-state index < -0.39 is 64.7 Å². The smallest absolute Gasteiger partial charge is 0.255 e. The lowest BCUT2D eigenvalue weighted by Crippen LogP contribution is -2.65. The summed E-state index contributed by atoms with van der Waals surface area (Å²) < 4.78 is 18.3. The van der Waals surface area contributed by atoms with Crippen LogP contribution in [0.2, 0.25) is 0 Å². The van der Waals surface area contributed by atoms with E-state index in [1.807, 2.05) is 12.1 Å². The molecule has 3 aliphatic carbocycles. The van der Waals surface area contributed by atoms with Crippen molar-refractivity contribution in [3.8, 4) is 22.6 Å². The number of carbonyl (C=O) groups excluding carboxylic acids is 3. The van der Waals surface area contributed by atoms with Gasteiger partial charge in [-0.1, -0.05) is 12.1 Å². The molecule has 0 aromatic heterocycles. The first kappa shape index (κ1) is 30.2. The molecular weight excluding hydrogens is 561 g/mol. The third kappa shape index (κ3) is 4.57. The van der Waals surface area contributed by atoms with Gasteiger partial charge in [-0.05, 0) is 67.7 Å². The number of halogens is 1. The number of ether oxygens (including phenoxy) is 1. The quantitative estimate of drug-likeness (QED) is 0.194. The van der Waals surface area contributed by atoms with E-state index in [0.29, 0.717) is 29.0 Å². The molecule has 0 saturated heterocycles. The largest absolute Gasteiger partial charge is 0.508 e. The number of alkyl halides is 1. The molecule has 0 bridgehead atoms. The maximum Gasteiger partial charge on any atom is 0.255 e. The van der Waals surface area contributed by atoms with Crippen molar-refractivity contribution in [3.05, 3.63) is 63.9 Å². The summed E-state index contributed by atoms with van der Waals surface area (Å²) in [5, 5.41) is 48.2. The van der Waals surface area contributed by atoms with Crippen molar-refractivity contribution in [1.29, 1.82) is 0 Å². The van der Waals surface area contributed by atoms with Gasteiger partial charge in [0.15, 0.2) is 11.4 Å². The predicted octanol–water partition coefficient (Wildman–Crippen LogP) is 1.70. The Morgan fingerprint density at radius 1 is 1.16 bits per heavy atom. The zero-order chi connectivity index (χ0) is 31.4. The van der Waals surface area contributed by atoms with Crippen molar-refractivity contribution in [2.45, 2.75) is 31.0 Å². The minimum atomic E-state index is -2.71. The summed E-state index contributed by atoms with van der Waals surface area (Å²) in [6.45, 7) is 0.0528. The van der Waals surface area contributed by atoms with Crippen LogP contribution in [0.1, 0.15) is 23.1 Å². The Balaban J connectivity index is 1.69. The molecule has 12 heteroatoms. The number of methoxy groups -OCH3 is 1. The van der Waals surface area contributed by atoms with Gasteiger partial charge in [0, 0.05) is 30.1 Å². The molecule has 43 heavy (non-hydrogen) atoms. The normalized spacial score (nSPS) is 25.0. The van der Waals surface area contributed by atoms with E-state index in [-0.39, 0.29) is 36.3 Å². The van der Waals surface area contributed by atoms with Gasteiger partial charge >= 0.3 is 0 Å². The Labute approximate surface area is 247 Å². The molecule has 228 valence electrons. The number of Topliss-reactive ketones (excluding diaryl/α,β-unsaturated/α-hetero) is 2. The third-order valence-electron chi connectivity index (χ3n) is 8.76. The van der Waals surface area contributed by atoms with Gasteiger partial charge in [-0.3, -0.25) is 19.3 Å². The number of carbonyl (C=O) groups is 3. The number of likely N-dealkylation sites (N-methyl/N-ethyl adjacent to an activating group) is 1. The number of aliphatic hydroxyl groups is 3. The van der Waals surface area contributed by atoms with Crippen LogP contribution in [0.15, 0.2) is 47.2 Å². The van der Waals surface area contributed by atoms with Crippen molar-refractivity contribution in [3.63, 3.8) is 0 Å². The van der Waals surface area contributed by atoms with Crippen LogP contribution in [-0.2, 0) is 27.3 Å². The number of nitrogens with two attached hydrogens (primary N) is 1. The number of ketones is 2. The van der Waals surface area contributed by atoms with E-state index in [2.05, 4.69) is 5.32 Å². The summed E-state index contributed by atoms with van der Waals surface area (Å²) in [5.74, 6) is -6.59. The number of aromatic hydroxyl groups is 1. The van der Waals surface area contributed by atoms with E-state index in [1.165, 1.54) is 18.1 Å². The number of fused-ring (bicyclic) bond motifs is 3. The van der Waals surface area contributed by atoms with Gasteiger partial charge in [0.25, 0.3) is 5.91 Å². The lowest BCUT2D eigenvalue weighted by Gasteiger charge is -2.50. The van der Waals surface area contributed by atoms with Gasteiger partial charge in [0.1, 0.15) is 35.3 Å². The molecule has 11 nitrogen and oxygen atoms in total. The maximum atomic E-state index is 14.0. The average Bonchev–Trinajstić information content (AvgIpc) is 2.95. The second kappa shape index (κ2) is 11.1. The lowest BCUT2D eigenvalue weighted by molar-refractivity contribution is -0.153. The van der Waals surface area contributed by atoms with Crippen LogP contribution in [0.3, 0.4) is 0 Å². The Hall–Kier alpha value is -4.26. The van der Waals surface area contributed by atoms with Gasteiger partial charge < -0.3 is 36.2 Å². The standard InChI is InChI=1S/C31H34FN3O8/c1-35(2)25-19-12-15-11-18-16(17-10-14(13-34-9-8-32)4-7-21(17)43-3)5-6-20(36)23(18)26(37)22(15)28(39)31(19,42)29(40)24(27(25)38)30(33)41/h4-7,10,15,19,25,34,36-37,40,42H,8-9,11-13H2,1-3H3,(H2,33,41)/t15-,19-,25?,31-/m0/s1. The van der Waals surface area contributed by atoms with Crippen LogP contribution in [-0.4, -0.2) is 88.9 Å². The van der Waals surface area contributed by atoms with Crippen LogP contribution >= 0.6 is 0 Å². The Morgan fingerprint density at radius 2 is 1.88 bits per heavy atom. The molecule has 0 heterocycles. The SMILES string of the molecule is COc1ccc(CNCCF)cc1-c1ccc(O)c2c1C[C@H]1C[C@H]3C(N(C)C)C(=O)C(C(N)=O)=C(O)[C@@]3(O)C(=O)C1=C2O. The van der Waals surface area contributed by atoms with Gasteiger partial charge in [0.05, 0.1) is 18.7 Å². The summed E-state index contributed by atoms with van der Waals surface area (Å²) in [4.78, 5) is 41.0. The minimum Gasteiger partial charge on any atom is -0.508 e. The second-order valence-corrected chi connectivity index (χ2v) is 11.3. The van der Waals surface area contributed by atoms with Crippen molar-refractivity contribution in [1.82, 2.24) is 10.2 Å². The number of hydrogen-bond donors (Lipinski definition) is 6. The molecule has 1 unspecified atom stereocenters. The molecule has 0 aliphatic heterocycles. The van der Waals surface area contributed by atoms with Crippen LogP contribution in [0.5, 0.6) is 11.5 Å². The first-order valence-corrected chi connectivity index (χ1v) is 13.8. The van der Waals surface area contributed by atoms with Crippen LogP contribution < -0.4 is 15.8 Å². The van der Waals surface area contributed by atoms with Crippen molar-refractivity contribution in [2.24, 2.45) is 17.6 Å². The summed E-state index contributed by atoms with van der Waals surface area (Å²) in [7, 11) is 4.60. The first-order chi connectivity index (χ1) is 20.4. The Bertz CT molecular complexity index is 1600. The van der Waals surface area contributed by atoms with Gasteiger partial charge in [0.2, 0.25) is 5.78 Å². The summed E-state index contributed by atoms with van der Waals surface area (Å²) in [5.41, 5.74) is 4.16. The molecule has 0 radical (unpaired) electrons. The number of phenolic OH excluding ortho intramolecular Hbond substituents is 1. The van der Waals surface area contributed by atoms with E-state index in [1.54, 1.807) is 26.2 Å². The van der Waals surface area contributed by atoms with Gasteiger partial charge in [-0.2, -0.15) is 0 Å². The Kier molecular flexibility index (Phi) is 7.80. The summed E-state index contributed by atoms with van der Waals surface area (Å²) >= 11 is 0. The number of nitrogens with one attached hydrogen (secondary N) is 1. The second-order valence-electron chi connectivity index (χ2n) is 11.3. The zero-order valence-electron chi connectivity index (χ0n) is 24.0. The summed E-state index contributed by atoms with van der Waals surface area (Å²) in [6.07, 6.45) is 0.108. The molecule has 3 aliphatic rings. The highest BCUT2D eigenvalue weighted by atomic mass is 19.1. The minimum absolute atomic E-state index is 0.0169. The van der Waals surface area contributed by atoms with Gasteiger partial charge in [-0.15, -0.1) is 0 Å². The molecule has 5 rings (SSSR count). The van der Waals surface area contributed by atoms with E-state index in [4.69, 9.17) is 10.5 Å². The summed E-state index contributed by atoms with van der Waals surface area (Å²) in [6, 6.07) is 7.31. The monoisotopic (exact) mass is 595 g/mol. The van der Waals surface area contributed by atoms with Crippen LogP contribution in [0, 0.1) is 11.8 Å². The van der Waals surface area contributed by atoms with Crippen molar-refractivity contribution < 1.29 is 43.9 Å². The average molecular weight is 596 g/mol. The lowest BCUT2D eigenvalue weighted by atomic mass is 9.57. The molecule has 1 saturated carbocycles. The van der Waals surface area contributed by atoms with Crippen molar-refractivity contribution >= 4 is 23.2 Å². The number of aliphatic hydroxyl groups excluding tert-OH is 2. The fourth-order valence-electron chi connectivity index (χ4n) is 6.87. The van der Waals surface area contributed by atoms with E-state index in [9.17, 15) is 39.2 Å². The number of benzene rings is 2. The molecule has 1 amide bonds. The predicted molar refractivity (Wildman–Crippen MR) is 154 cm³/mol. The van der Waals surface area contributed by atoms with Gasteiger partial charge in [-0.25, -0.2) is 4.39 Å². The number of primary amides is 1. The topological polar surface area (TPSA) is 183 Å². The molecule has 7 N–H and O–H groups in total. The van der Waals surface area contributed by atoms with Crippen LogP contribution in [0.25, 0.3) is 16.9 Å². The Morgan fingerprint density at radius 3 is 2.51 bits per heavy atom. The third-order valence-corrected chi connectivity index (χ3v) is 8.76. The number of nitrogens with zero attached hydrogens (tertiary/aromatic N) is 1. The first-order valence-electron chi connectivity index (χ1n) is 13.8. The highest BCUT2D eigenvalue weighted by Crippen LogP contribution is 2.54. The number of amides is 1. The molecule has 4 atom stereocenters. The highest BCUT2D eigenvalue weighted by Gasteiger charge is 2.64. The molecule has 2 aromatic carbocycles. The van der Waals surface area contributed by atoms with Crippen LogP contribution in [0.4, 0.5) is 4.39 Å². The number of rotatable bonds is 8. The highest BCUT2D eigenvalue weighted by molar-refractivity contribution is 6.24. The van der Waals surface area contributed by atoms with Crippen molar-refractivity contribution in [2.75, 3.05) is 34.4 Å². The molecule has 0 spiro atoms. The number of phenols is 1. The van der Waals surface area contributed by atoms with E-state index >= 15 is 0 Å². The molecular formula is C31H34FN3O8. The fourth-order valence-corrected chi connectivity index (χ4v) is 6.87. The maximum absolute atomic E-state index is 14.0. The molecule has 1 fully saturated rings. The zero-order valence-corrected chi connectivity index (χ0v) is 24.0. The number of hydrogen-bond acceptors (Lipinski definition) is 10. The van der Waals surface area contributed by atoms with E-state index in [0.717, 1.165) is 5.56 Å². The fraction of sp³-hybridized carbons (Fsp3) is 0.387. The molecule has 2 aromatic rings.